The number of amides is 3. The van der Waals surface area contributed by atoms with E-state index in [1.54, 1.807) is 48.2 Å². The predicted octanol–water partition coefficient (Wildman–Crippen LogP) is 3.93. The molecule has 26 heavy (non-hydrogen) atoms. The van der Waals surface area contributed by atoms with Crippen molar-refractivity contribution in [3.63, 3.8) is 0 Å². The Bertz CT molecular complexity index is 844. The van der Waals surface area contributed by atoms with Crippen LogP contribution in [-0.2, 0) is 4.79 Å². The molecule has 1 atom stereocenters. The molecular weight excluding hydrogens is 377 g/mol. The first-order chi connectivity index (χ1) is 12.4. The van der Waals surface area contributed by atoms with Gasteiger partial charge < -0.3 is 15.4 Å². The van der Waals surface area contributed by atoms with Crippen LogP contribution in [0.1, 0.15) is 6.92 Å². The maximum atomic E-state index is 12.4. The van der Waals surface area contributed by atoms with Crippen molar-refractivity contribution in [3.05, 3.63) is 52.5 Å². The Morgan fingerprint density at radius 2 is 2.08 bits per heavy atom. The number of nitrogens with one attached hydrogen (secondary N) is 2. The van der Waals surface area contributed by atoms with Crippen LogP contribution in [0.3, 0.4) is 0 Å². The highest BCUT2D eigenvalue weighted by Crippen LogP contribution is 2.28. The van der Waals surface area contributed by atoms with Crippen LogP contribution in [0.5, 0.6) is 5.75 Å². The fraction of sp³-hybridized carbons (Fsp3) is 0.222. The molecule has 1 fully saturated rings. The molecule has 136 valence electrons. The van der Waals surface area contributed by atoms with E-state index in [0.717, 1.165) is 0 Å². The van der Waals surface area contributed by atoms with Gasteiger partial charge in [-0.3, -0.25) is 9.69 Å². The Kier molecular flexibility index (Phi) is 5.54. The first-order valence-electron chi connectivity index (χ1n) is 8.02. The van der Waals surface area contributed by atoms with E-state index in [1.807, 2.05) is 6.07 Å². The largest absolute Gasteiger partial charge is 0.479 e. The third kappa shape index (κ3) is 4.20. The van der Waals surface area contributed by atoms with Gasteiger partial charge in [0.05, 0.1) is 5.02 Å². The number of hydrogen-bond acceptors (Lipinski definition) is 3. The maximum Gasteiger partial charge on any atom is 0.321 e. The van der Waals surface area contributed by atoms with Crippen LogP contribution in [0.4, 0.5) is 16.2 Å². The smallest absolute Gasteiger partial charge is 0.321 e. The summed E-state index contributed by atoms with van der Waals surface area (Å²) in [7, 11) is 0. The van der Waals surface area contributed by atoms with Crippen molar-refractivity contribution >= 4 is 46.5 Å². The quantitative estimate of drug-likeness (QED) is 0.808. The number of halogens is 2. The molecule has 2 aromatic rings. The summed E-state index contributed by atoms with van der Waals surface area (Å²) in [5.41, 5.74) is 1.29. The molecule has 8 heteroatoms. The molecule has 0 aliphatic carbocycles. The molecule has 0 aromatic heterocycles. The highest BCUT2D eigenvalue weighted by atomic mass is 35.5. The summed E-state index contributed by atoms with van der Waals surface area (Å²) in [6.07, 6.45) is -0.771. The van der Waals surface area contributed by atoms with Crippen LogP contribution in [0.25, 0.3) is 0 Å². The van der Waals surface area contributed by atoms with E-state index in [0.29, 0.717) is 40.3 Å². The number of carbonyl (C=O) groups is 2. The SMILES string of the molecule is CC(Oc1ccc(Cl)cc1Cl)C(=O)Nc1cccc(N2CCNC2=O)c1. The van der Waals surface area contributed by atoms with E-state index in [1.165, 1.54) is 0 Å². The molecule has 1 saturated heterocycles. The molecule has 0 radical (unpaired) electrons. The Balaban J connectivity index is 1.66. The molecule has 0 saturated carbocycles. The van der Waals surface area contributed by atoms with E-state index < -0.39 is 6.10 Å². The normalized spacial score (nSPS) is 14.7. The van der Waals surface area contributed by atoms with Crippen LogP contribution < -0.4 is 20.3 Å². The summed E-state index contributed by atoms with van der Waals surface area (Å²) in [4.78, 5) is 25.8. The highest BCUT2D eigenvalue weighted by molar-refractivity contribution is 6.35. The van der Waals surface area contributed by atoms with Crippen LogP contribution in [-0.4, -0.2) is 31.1 Å². The summed E-state index contributed by atoms with van der Waals surface area (Å²) in [6.45, 7) is 2.81. The number of carbonyl (C=O) groups excluding carboxylic acids is 2. The Morgan fingerprint density at radius 3 is 2.77 bits per heavy atom. The zero-order valence-electron chi connectivity index (χ0n) is 14.0. The minimum Gasteiger partial charge on any atom is -0.479 e. The molecule has 1 aliphatic heterocycles. The summed E-state index contributed by atoms with van der Waals surface area (Å²) in [5.74, 6) is 0.0419. The second-order valence-corrected chi connectivity index (χ2v) is 6.60. The fourth-order valence-corrected chi connectivity index (χ4v) is 2.98. The second kappa shape index (κ2) is 7.85. The number of ether oxygens (including phenoxy) is 1. The lowest BCUT2D eigenvalue weighted by atomic mass is 10.2. The molecule has 3 rings (SSSR count). The first-order valence-corrected chi connectivity index (χ1v) is 8.77. The monoisotopic (exact) mass is 393 g/mol. The predicted molar refractivity (Wildman–Crippen MR) is 102 cm³/mol. The van der Waals surface area contributed by atoms with E-state index >= 15 is 0 Å². The Morgan fingerprint density at radius 1 is 1.27 bits per heavy atom. The average Bonchev–Trinajstić information content (AvgIpc) is 3.03. The van der Waals surface area contributed by atoms with Gasteiger partial charge in [0, 0.05) is 29.5 Å². The number of nitrogens with zero attached hydrogens (tertiary/aromatic N) is 1. The van der Waals surface area contributed by atoms with Gasteiger partial charge >= 0.3 is 6.03 Å². The van der Waals surface area contributed by atoms with E-state index in [4.69, 9.17) is 27.9 Å². The van der Waals surface area contributed by atoms with Crippen molar-refractivity contribution in [1.29, 1.82) is 0 Å². The minimum absolute atomic E-state index is 0.150. The van der Waals surface area contributed by atoms with Crippen molar-refractivity contribution in [3.8, 4) is 5.75 Å². The van der Waals surface area contributed by atoms with Crippen molar-refractivity contribution in [2.75, 3.05) is 23.3 Å². The van der Waals surface area contributed by atoms with E-state index in [-0.39, 0.29) is 11.9 Å². The number of urea groups is 1. The van der Waals surface area contributed by atoms with Gasteiger partial charge in [0.25, 0.3) is 5.91 Å². The van der Waals surface area contributed by atoms with Crippen LogP contribution >= 0.6 is 23.2 Å². The summed E-state index contributed by atoms with van der Waals surface area (Å²) in [5, 5.41) is 6.34. The van der Waals surface area contributed by atoms with E-state index in [2.05, 4.69) is 10.6 Å². The number of anilines is 2. The van der Waals surface area contributed by atoms with Crippen molar-refractivity contribution in [2.45, 2.75) is 13.0 Å². The van der Waals surface area contributed by atoms with Crippen LogP contribution in [0.15, 0.2) is 42.5 Å². The topological polar surface area (TPSA) is 70.7 Å². The van der Waals surface area contributed by atoms with Crippen LogP contribution in [0.2, 0.25) is 10.0 Å². The molecule has 1 aliphatic rings. The molecular formula is C18H17Cl2N3O3. The summed E-state index contributed by atoms with van der Waals surface area (Å²) < 4.78 is 5.60. The standard InChI is InChI=1S/C18H17Cl2N3O3/c1-11(26-16-6-5-12(19)9-15(16)20)17(24)22-13-3-2-4-14(10-13)23-8-7-21-18(23)25/h2-6,9-11H,7-8H2,1H3,(H,21,25)(H,22,24). The van der Waals surface area contributed by atoms with Gasteiger partial charge in [0.15, 0.2) is 6.10 Å². The second-order valence-electron chi connectivity index (χ2n) is 5.76. The summed E-state index contributed by atoms with van der Waals surface area (Å²) >= 11 is 11.9. The molecule has 2 aromatic carbocycles. The Labute approximate surface area is 161 Å². The molecule has 6 nitrogen and oxygen atoms in total. The van der Waals surface area contributed by atoms with Crippen LogP contribution in [0, 0.1) is 0 Å². The molecule has 0 spiro atoms. The highest BCUT2D eigenvalue weighted by Gasteiger charge is 2.22. The van der Waals surface area contributed by atoms with Gasteiger partial charge in [-0.2, -0.15) is 0 Å². The number of rotatable bonds is 5. The van der Waals surface area contributed by atoms with Crippen molar-refractivity contribution in [1.82, 2.24) is 5.32 Å². The van der Waals surface area contributed by atoms with Gasteiger partial charge in [0.1, 0.15) is 5.75 Å². The lowest BCUT2D eigenvalue weighted by Crippen LogP contribution is -2.30. The van der Waals surface area contributed by atoms with Gasteiger partial charge in [-0.1, -0.05) is 29.3 Å². The lowest BCUT2D eigenvalue weighted by Gasteiger charge is -2.18. The molecule has 1 unspecified atom stereocenters. The third-order valence-corrected chi connectivity index (χ3v) is 4.38. The number of hydrogen-bond donors (Lipinski definition) is 2. The van der Waals surface area contributed by atoms with Crippen molar-refractivity contribution in [2.24, 2.45) is 0 Å². The zero-order valence-corrected chi connectivity index (χ0v) is 15.5. The van der Waals surface area contributed by atoms with Gasteiger partial charge in [-0.15, -0.1) is 0 Å². The number of benzene rings is 2. The average molecular weight is 394 g/mol. The first kappa shape index (κ1) is 18.4. The summed E-state index contributed by atoms with van der Waals surface area (Å²) in [6, 6.07) is 11.7. The third-order valence-electron chi connectivity index (χ3n) is 3.85. The maximum absolute atomic E-state index is 12.4. The molecule has 0 bridgehead atoms. The molecule has 1 heterocycles. The molecule has 2 N–H and O–H groups in total. The van der Waals surface area contributed by atoms with Gasteiger partial charge in [-0.25, -0.2) is 4.79 Å². The van der Waals surface area contributed by atoms with E-state index in [9.17, 15) is 9.59 Å². The van der Waals surface area contributed by atoms with Crippen molar-refractivity contribution < 1.29 is 14.3 Å². The minimum atomic E-state index is -0.771. The molecule has 3 amide bonds. The zero-order chi connectivity index (χ0) is 18.7. The van der Waals surface area contributed by atoms with Gasteiger partial charge in [0.2, 0.25) is 0 Å². The Hall–Kier alpha value is -2.44. The fourth-order valence-electron chi connectivity index (χ4n) is 2.53. The van der Waals surface area contributed by atoms with Gasteiger partial charge in [-0.05, 0) is 43.3 Å². The lowest BCUT2D eigenvalue weighted by molar-refractivity contribution is -0.122.